The molecule has 0 fully saturated rings. The maximum Gasteiger partial charge on any atom is 0.240 e. The highest BCUT2D eigenvalue weighted by molar-refractivity contribution is 9.10. The van der Waals surface area contributed by atoms with Crippen LogP contribution in [0, 0.1) is 6.92 Å². The van der Waals surface area contributed by atoms with Gasteiger partial charge < -0.3 is 0 Å². The van der Waals surface area contributed by atoms with Gasteiger partial charge in [0.25, 0.3) is 0 Å². The number of sulfonamides is 1. The quantitative estimate of drug-likeness (QED) is 0.720. The monoisotopic (exact) mass is 431 g/mol. The zero-order chi connectivity index (χ0) is 15.5. The van der Waals surface area contributed by atoms with Crippen LogP contribution in [0.3, 0.4) is 0 Å². The van der Waals surface area contributed by atoms with Crippen LogP contribution >= 0.6 is 31.9 Å². The van der Waals surface area contributed by atoms with Crippen LogP contribution in [-0.2, 0) is 10.0 Å². The molecule has 0 spiro atoms. The number of halogens is 2. The van der Waals surface area contributed by atoms with Gasteiger partial charge in [-0.25, -0.2) is 13.1 Å². The largest absolute Gasteiger partial charge is 0.240 e. The van der Waals surface area contributed by atoms with Gasteiger partial charge in [0.2, 0.25) is 10.0 Å². The maximum absolute atomic E-state index is 12.2. The van der Waals surface area contributed by atoms with Crippen molar-refractivity contribution in [1.82, 2.24) is 4.72 Å². The Labute approximate surface area is 142 Å². The van der Waals surface area contributed by atoms with E-state index in [-0.39, 0.29) is 16.3 Å². The van der Waals surface area contributed by atoms with E-state index in [1.807, 2.05) is 31.2 Å². The number of benzene rings is 2. The molecular formula is C15H15Br2NO2S. The lowest BCUT2D eigenvalue weighted by atomic mass is 10.2. The van der Waals surface area contributed by atoms with Crippen LogP contribution in [0.4, 0.5) is 0 Å². The molecule has 0 saturated heterocycles. The standard InChI is InChI=1S/C15H15Br2NO2S/c1-11-2-8-14(9-3-11)21(19,20)18-10-15(17)12-4-6-13(16)7-5-12/h2-9,15,18H,10H2,1H3/t15-/m1/s1. The SMILES string of the molecule is Cc1ccc(S(=O)(=O)NC[C@@H](Br)c2ccc(Br)cc2)cc1. The summed E-state index contributed by atoms with van der Waals surface area (Å²) in [4.78, 5) is 0.203. The molecule has 21 heavy (non-hydrogen) atoms. The smallest absolute Gasteiger partial charge is 0.210 e. The first-order chi connectivity index (χ1) is 9.88. The summed E-state index contributed by atoms with van der Waals surface area (Å²) < 4.78 is 28.0. The van der Waals surface area contributed by atoms with Crippen LogP contribution in [-0.4, -0.2) is 15.0 Å². The van der Waals surface area contributed by atoms with E-state index in [9.17, 15) is 8.42 Å². The van der Waals surface area contributed by atoms with Gasteiger partial charge in [0.05, 0.1) is 9.72 Å². The first-order valence-electron chi connectivity index (χ1n) is 6.34. The first-order valence-corrected chi connectivity index (χ1v) is 9.53. The lowest BCUT2D eigenvalue weighted by Gasteiger charge is -2.12. The van der Waals surface area contributed by atoms with Crippen LogP contribution < -0.4 is 4.72 Å². The second-order valence-corrected chi connectivity index (χ2v) is 8.47. The fraction of sp³-hybridized carbons (Fsp3) is 0.200. The van der Waals surface area contributed by atoms with Crippen molar-refractivity contribution >= 4 is 41.9 Å². The third kappa shape index (κ3) is 4.64. The summed E-state index contributed by atoms with van der Waals surface area (Å²) >= 11 is 6.88. The van der Waals surface area contributed by atoms with Crippen LogP contribution in [0.5, 0.6) is 0 Å². The molecule has 2 rings (SSSR count). The van der Waals surface area contributed by atoms with E-state index in [1.54, 1.807) is 24.3 Å². The number of aryl methyl sites for hydroxylation is 1. The summed E-state index contributed by atoms with van der Waals surface area (Å²) in [5, 5.41) is 0. The van der Waals surface area contributed by atoms with E-state index in [2.05, 4.69) is 36.6 Å². The Morgan fingerprint density at radius 3 is 2.19 bits per heavy atom. The molecule has 2 aromatic carbocycles. The molecule has 0 aliphatic heterocycles. The normalized spacial score (nSPS) is 13.1. The van der Waals surface area contributed by atoms with Crippen molar-refractivity contribution in [3.8, 4) is 0 Å². The molecule has 0 aromatic heterocycles. The number of rotatable bonds is 5. The van der Waals surface area contributed by atoms with E-state index in [1.165, 1.54) is 0 Å². The van der Waals surface area contributed by atoms with E-state index in [0.717, 1.165) is 15.6 Å². The highest BCUT2D eigenvalue weighted by Gasteiger charge is 2.16. The van der Waals surface area contributed by atoms with Crippen molar-refractivity contribution < 1.29 is 8.42 Å². The minimum absolute atomic E-state index is 0.0779. The Morgan fingerprint density at radius 2 is 1.62 bits per heavy atom. The van der Waals surface area contributed by atoms with Gasteiger partial charge in [0, 0.05) is 11.0 Å². The highest BCUT2D eigenvalue weighted by Crippen LogP contribution is 2.24. The molecule has 0 radical (unpaired) electrons. The zero-order valence-electron chi connectivity index (χ0n) is 11.4. The van der Waals surface area contributed by atoms with Crippen molar-refractivity contribution in [2.75, 3.05) is 6.54 Å². The van der Waals surface area contributed by atoms with Gasteiger partial charge in [-0.1, -0.05) is 61.7 Å². The molecule has 0 unspecified atom stereocenters. The highest BCUT2D eigenvalue weighted by atomic mass is 79.9. The van der Waals surface area contributed by atoms with Gasteiger partial charge in [-0.05, 0) is 36.8 Å². The Hall–Kier alpha value is -0.690. The van der Waals surface area contributed by atoms with Crippen molar-refractivity contribution in [3.63, 3.8) is 0 Å². The fourth-order valence-electron chi connectivity index (χ4n) is 1.77. The number of hydrogen-bond acceptors (Lipinski definition) is 2. The molecule has 0 amide bonds. The van der Waals surface area contributed by atoms with E-state index < -0.39 is 10.0 Å². The zero-order valence-corrected chi connectivity index (χ0v) is 15.4. The molecule has 0 aliphatic carbocycles. The molecular weight excluding hydrogens is 418 g/mol. The topological polar surface area (TPSA) is 46.2 Å². The van der Waals surface area contributed by atoms with E-state index in [0.29, 0.717) is 0 Å². The molecule has 3 nitrogen and oxygen atoms in total. The first kappa shape index (κ1) is 16.7. The Morgan fingerprint density at radius 1 is 1.05 bits per heavy atom. The van der Waals surface area contributed by atoms with Gasteiger partial charge >= 0.3 is 0 Å². The summed E-state index contributed by atoms with van der Waals surface area (Å²) in [5.41, 5.74) is 2.05. The maximum atomic E-state index is 12.2. The molecule has 0 saturated carbocycles. The lowest BCUT2D eigenvalue weighted by molar-refractivity contribution is 0.581. The minimum atomic E-state index is -3.48. The van der Waals surface area contributed by atoms with Crippen LogP contribution in [0.15, 0.2) is 57.9 Å². The fourth-order valence-corrected chi connectivity index (χ4v) is 3.77. The third-order valence-corrected chi connectivity index (χ3v) is 5.84. The Balaban J connectivity index is 2.04. The van der Waals surface area contributed by atoms with Gasteiger partial charge in [0.15, 0.2) is 0 Å². The van der Waals surface area contributed by atoms with Crippen molar-refractivity contribution in [2.24, 2.45) is 0 Å². The average molecular weight is 433 g/mol. The average Bonchev–Trinajstić information content (AvgIpc) is 2.46. The molecule has 0 bridgehead atoms. The van der Waals surface area contributed by atoms with Gasteiger partial charge in [0.1, 0.15) is 0 Å². The van der Waals surface area contributed by atoms with Gasteiger partial charge in [-0.3, -0.25) is 0 Å². The number of hydrogen-bond donors (Lipinski definition) is 1. The van der Waals surface area contributed by atoms with E-state index >= 15 is 0 Å². The molecule has 1 atom stereocenters. The molecule has 0 aliphatic rings. The predicted molar refractivity (Wildman–Crippen MR) is 92.2 cm³/mol. The third-order valence-electron chi connectivity index (χ3n) is 3.02. The van der Waals surface area contributed by atoms with Crippen molar-refractivity contribution in [1.29, 1.82) is 0 Å². The molecule has 2 aromatic rings. The second kappa shape index (κ2) is 7.05. The van der Waals surface area contributed by atoms with Crippen molar-refractivity contribution in [2.45, 2.75) is 16.6 Å². The predicted octanol–water partition coefficient (Wildman–Crippen LogP) is 4.17. The second-order valence-electron chi connectivity index (χ2n) is 4.68. The lowest BCUT2D eigenvalue weighted by Crippen LogP contribution is -2.27. The summed E-state index contributed by atoms with van der Waals surface area (Å²) in [7, 11) is -3.48. The van der Waals surface area contributed by atoms with E-state index in [4.69, 9.17) is 0 Å². The summed E-state index contributed by atoms with van der Waals surface area (Å²) in [6.45, 7) is 2.21. The van der Waals surface area contributed by atoms with Crippen LogP contribution in [0.1, 0.15) is 16.0 Å². The summed E-state index contributed by atoms with van der Waals surface area (Å²) in [5.74, 6) is 0. The minimum Gasteiger partial charge on any atom is -0.210 e. The summed E-state index contributed by atoms with van der Waals surface area (Å²) in [6.07, 6.45) is 0. The number of nitrogens with one attached hydrogen (secondary N) is 1. The molecule has 0 heterocycles. The van der Waals surface area contributed by atoms with Crippen molar-refractivity contribution in [3.05, 3.63) is 64.1 Å². The van der Waals surface area contributed by atoms with Gasteiger partial charge in [-0.15, -0.1) is 0 Å². The molecule has 6 heteroatoms. The Kier molecular flexibility index (Phi) is 5.60. The van der Waals surface area contributed by atoms with Gasteiger partial charge in [-0.2, -0.15) is 0 Å². The Bertz CT molecular complexity index is 697. The number of alkyl halides is 1. The molecule has 112 valence electrons. The molecule has 1 N–H and O–H groups in total. The van der Waals surface area contributed by atoms with Crippen LogP contribution in [0.2, 0.25) is 0 Å². The summed E-state index contributed by atoms with van der Waals surface area (Å²) in [6, 6.07) is 14.5. The van der Waals surface area contributed by atoms with Crippen LogP contribution in [0.25, 0.3) is 0 Å².